The normalized spacial score (nSPS) is 27.8. The largest absolute Gasteiger partial charge is 0.377 e. The van der Waals surface area contributed by atoms with E-state index < -0.39 is 0 Å². The first-order chi connectivity index (χ1) is 11.6. The Balaban J connectivity index is 1.49. The topological polar surface area (TPSA) is 64.3 Å². The Morgan fingerprint density at radius 1 is 1.29 bits per heavy atom. The molecule has 2 aliphatic rings. The van der Waals surface area contributed by atoms with Crippen molar-refractivity contribution in [2.45, 2.75) is 32.4 Å². The zero-order chi connectivity index (χ0) is 16.3. The Hall–Kier alpha value is -1.99. The van der Waals surface area contributed by atoms with Gasteiger partial charge < -0.3 is 10.1 Å². The third-order valence-corrected chi connectivity index (χ3v) is 6.13. The van der Waals surface area contributed by atoms with Crippen LogP contribution in [0.5, 0.6) is 0 Å². The van der Waals surface area contributed by atoms with Crippen LogP contribution in [0.4, 0.5) is 5.82 Å². The molecule has 4 heterocycles. The minimum absolute atomic E-state index is 0.126. The molecule has 5 rings (SSSR count). The quantitative estimate of drug-likeness (QED) is 0.793. The molecule has 0 amide bonds. The first kappa shape index (κ1) is 14.4. The number of anilines is 1. The summed E-state index contributed by atoms with van der Waals surface area (Å²) < 4.78 is 7.69. The average molecular weight is 341 g/mol. The fourth-order valence-electron chi connectivity index (χ4n) is 4.21. The van der Waals surface area contributed by atoms with Crippen LogP contribution in [0, 0.1) is 11.3 Å². The maximum Gasteiger partial charge on any atom is 0.186 e. The molecule has 0 radical (unpaired) electrons. The Morgan fingerprint density at radius 2 is 2.21 bits per heavy atom. The second-order valence-corrected chi connectivity index (χ2v) is 7.99. The van der Waals surface area contributed by atoms with E-state index in [1.807, 2.05) is 28.1 Å². The van der Waals surface area contributed by atoms with Crippen molar-refractivity contribution in [3.8, 4) is 11.4 Å². The number of rotatable bonds is 3. The predicted molar refractivity (Wildman–Crippen MR) is 93.1 cm³/mol. The summed E-state index contributed by atoms with van der Waals surface area (Å²) >= 11 is 1.65. The zero-order valence-electron chi connectivity index (χ0n) is 13.6. The Kier molecular flexibility index (Phi) is 2.99. The second kappa shape index (κ2) is 5.00. The lowest BCUT2D eigenvalue weighted by Gasteiger charge is -2.54. The van der Waals surface area contributed by atoms with Crippen LogP contribution < -0.4 is 5.32 Å². The van der Waals surface area contributed by atoms with Crippen molar-refractivity contribution in [2.75, 3.05) is 11.9 Å². The van der Waals surface area contributed by atoms with Gasteiger partial charge in [0.15, 0.2) is 11.5 Å². The van der Waals surface area contributed by atoms with Gasteiger partial charge in [-0.25, -0.2) is 0 Å². The number of thiophene rings is 1. The van der Waals surface area contributed by atoms with E-state index in [0.717, 1.165) is 35.9 Å². The molecule has 3 unspecified atom stereocenters. The number of hydrogen-bond donors (Lipinski definition) is 1. The smallest absolute Gasteiger partial charge is 0.186 e. The van der Waals surface area contributed by atoms with Crippen LogP contribution in [0.1, 0.15) is 20.3 Å². The molecule has 1 saturated carbocycles. The van der Waals surface area contributed by atoms with Crippen LogP contribution in [-0.2, 0) is 4.74 Å². The third kappa shape index (κ3) is 1.94. The number of fused-ring (bicyclic) bond motifs is 2. The molecule has 24 heavy (non-hydrogen) atoms. The van der Waals surface area contributed by atoms with E-state index in [1.54, 1.807) is 11.3 Å². The number of nitrogens with one attached hydrogen (secondary N) is 1. The second-order valence-electron chi connectivity index (χ2n) is 7.21. The van der Waals surface area contributed by atoms with E-state index in [9.17, 15) is 0 Å². The highest BCUT2D eigenvalue weighted by Crippen LogP contribution is 2.53. The van der Waals surface area contributed by atoms with Gasteiger partial charge in [-0.1, -0.05) is 13.8 Å². The van der Waals surface area contributed by atoms with E-state index in [4.69, 9.17) is 9.84 Å². The minimum Gasteiger partial charge on any atom is -0.377 e. The predicted octanol–water partition coefficient (Wildman–Crippen LogP) is 3.08. The number of nitrogens with zero attached hydrogens (tertiary/aromatic N) is 4. The molecule has 3 aromatic rings. The highest BCUT2D eigenvalue weighted by molar-refractivity contribution is 7.08. The highest BCUT2D eigenvalue weighted by Gasteiger charge is 2.59. The van der Waals surface area contributed by atoms with E-state index in [0.29, 0.717) is 18.1 Å². The van der Waals surface area contributed by atoms with Crippen molar-refractivity contribution < 1.29 is 4.74 Å². The van der Waals surface area contributed by atoms with E-state index in [-0.39, 0.29) is 5.41 Å². The summed E-state index contributed by atoms with van der Waals surface area (Å²) in [6.45, 7) is 5.41. The standard InChI is InChI=1S/C17H19N5OS/c1-17(2)14(11-5-7-23-15(11)17)18-12-3-4-13-19-20-16(22(13)21-12)10-6-8-24-9-10/h3-4,6,8-9,11,14-15H,5,7H2,1-2H3,(H,18,21). The lowest BCUT2D eigenvalue weighted by Crippen LogP contribution is -2.63. The van der Waals surface area contributed by atoms with E-state index in [1.165, 1.54) is 0 Å². The molecule has 1 aliphatic heterocycles. The number of ether oxygens (including phenoxy) is 1. The highest BCUT2D eigenvalue weighted by atomic mass is 32.1. The van der Waals surface area contributed by atoms with Crippen LogP contribution in [0.25, 0.3) is 17.0 Å². The first-order valence-electron chi connectivity index (χ1n) is 8.28. The van der Waals surface area contributed by atoms with Crippen molar-refractivity contribution in [1.29, 1.82) is 0 Å². The van der Waals surface area contributed by atoms with Gasteiger partial charge >= 0.3 is 0 Å². The third-order valence-electron chi connectivity index (χ3n) is 5.45. The summed E-state index contributed by atoms with van der Waals surface area (Å²) in [6.07, 6.45) is 1.50. The van der Waals surface area contributed by atoms with Gasteiger partial charge in [-0.05, 0) is 30.0 Å². The zero-order valence-corrected chi connectivity index (χ0v) is 14.5. The van der Waals surface area contributed by atoms with Crippen LogP contribution in [0.2, 0.25) is 0 Å². The van der Waals surface area contributed by atoms with Gasteiger partial charge in [0.05, 0.1) is 6.10 Å². The van der Waals surface area contributed by atoms with Gasteiger partial charge in [0.25, 0.3) is 0 Å². The Labute approximate surface area is 143 Å². The molecule has 0 spiro atoms. The van der Waals surface area contributed by atoms with Crippen LogP contribution >= 0.6 is 11.3 Å². The molecule has 1 aliphatic carbocycles. The molecule has 1 N–H and O–H groups in total. The molecule has 124 valence electrons. The van der Waals surface area contributed by atoms with E-state index in [2.05, 4.69) is 34.7 Å². The fraction of sp³-hybridized carbons (Fsp3) is 0.471. The van der Waals surface area contributed by atoms with E-state index >= 15 is 0 Å². The van der Waals surface area contributed by atoms with Crippen molar-refractivity contribution in [3.63, 3.8) is 0 Å². The number of aromatic nitrogens is 4. The molecule has 1 saturated heterocycles. The monoisotopic (exact) mass is 341 g/mol. The maximum atomic E-state index is 5.88. The summed E-state index contributed by atoms with van der Waals surface area (Å²) in [7, 11) is 0. The summed E-state index contributed by atoms with van der Waals surface area (Å²) in [5.41, 5.74) is 1.93. The van der Waals surface area contributed by atoms with Gasteiger partial charge in [-0.3, -0.25) is 0 Å². The van der Waals surface area contributed by atoms with Crippen molar-refractivity contribution in [3.05, 3.63) is 29.0 Å². The summed E-state index contributed by atoms with van der Waals surface area (Å²) in [6, 6.07) is 6.38. The molecular weight excluding hydrogens is 322 g/mol. The van der Waals surface area contributed by atoms with Crippen molar-refractivity contribution >= 4 is 22.8 Å². The molecule has 0 aromatic carbocycles. The van der Waals surface area contributed by atoms with Crippen LogP contribution in [0.3, 0.4) is 0 Å². The van der Waals surface area contributed by atoms with Crippen LogP contribution in [0.15, 0.2) is 29.0 Å². The summed E-state index contributed by atoms with van der Waals surface area (Å²) in [4.78, 5) is 0. The fourth-order valence-corrected chi connectivity index (χ4v) is 4.85. The molecule has 3 aromatic heterocycles. The molecular formula is C17H19N5OS. The minimum atomic E-state index is 0.126. The molecule has 0 bridgehead atoms. The van der Waals surface area contributed by atoms with Gasteiger partial charge in [-0.15, -0.1) is 15.3 Å². The maximum absolute atomic E-state index is 5.88. The number of hydrogen-bond acceptors (Lipinski definition) is 6. The van der Waals surface area contributed by atoms with Gasteiger partial charge in [0, 0.05) is 34.9 Å². The average Bonchev–Trinajstić information content (AvgIpc) is 3.30. The van der Waals surface area contributed by atoms with Gasteiger partial charge in [0.1, 0.15) is 5.82 Å². The SMILES string of the molecule is CC1(C)C(Nc2ccc3nnc(-c4ccsc4)n3n2)C2CCOC21. The Bertz CT molecular complexity index is 888. The summed E-state index contributed by atoms with van der Waals surface area (Å²) in [5, 5.41) is 21.0. The Morgan fingerprint density at radius 3 is 3.04 bits per heavy atom. The lowest BCUT2D eigenvalue weighted by molar-refractivity contribution is -0.0924. The first-order valence-corrected chi connectivity index (χ1v) is 9.22. The van der Waals surface area contributed by atoms with Gasteiger partial charge in [-0.2, -0.15) is 15.9 Å². The molecule has 3 atom stereocenters. The molecule has 6 nitrogen and oxygen atoms in total. The van der Waals surface area contributed by atoms with Crippen molar-refractivity contribution in [2.24, 2.45) is 11.3 Å². The molecule has 7 heteroatoms. The van der Waals surface area contributed by atoms with Gasteiger partial charge in [0.2, 0.25) is 0 Å². The lowest BCUT2D eigenvalue weighted by atomic mass is 9.57. The summed E-state index contributed by atoms with van der Waals surface area (Å²) in [5.74, 6) is 2.22. The van der Waals surface area contributed by atoms with Crippen molar-refractivity contribution in [1.82, 2.24) is 19.8 Å². The molecule has 2 fully saturated rings. The van der Waals surface area contributed by atoms with Crippen LogP contribution in [-0.4, -0.2) is 38.6 Å².